The van der Waals surface area contributed by atoms with E-state index in [1.165, 1.54) is 16.7 Å². The van der Waals surface area contributed by atoms with Crippen molar-refractivity contribution in [2.45, 2.75) is 12.3 Å². The Kier molecular flexibility index (Phi) is 4.34. The van der Waals surface area contributed by atoms with Gasteiger partial charge in [0.05, 0.1) is 17.9 Å². The lowest BCUT2D eigenvalue weighted by atomic mass is 9.59. The van der Waals surface area contributed by atoms with Crippen molar-refractivity contribution in [3.8, 4) is 0 Å². The predicted molar refractivity (Wildman–Crippen MR) is 103 cm³/mol. The number of benzene rings is 3. The highest BCUT2D eigenvalue weighted by Gasteiger charge is 2.51. The van der Waals surface area contributed by atoms with Crippen molar-refractivity contribution in [1.29, 1.82) is 0 Å². The lowest BCUT2D eigenvalue weighted by Gasteiger charge is -2.41. The van der Waals surface area contributed by atoms with Crippen LogP contribution in [0.15, 0.2) is 91.0 Å². The van der Waals surface area contributed by atoms with E-state index >= 15 is 0 Å². The zero-order valence-electron chi connectivity index (χ0n) is 14.8. The minimum atomic E-state index is -0.435. The van der Waals surface area contributed by atoms with Crippen molar-refractivity contribution >= 4 is 5.97 Å². The van der Waals surface area contributed by atoms with Gasteiger partial charge in [-0.05, 0) is 16.7 Å². The second-order valence-electron chi connectivity index (χ2n) is 6.93. The molecule has 0 amide bonds. The first-order chi connectivity index (χ1) is 12.7. The molecule has 1 heterocycles. The molecule has 4 rings (SSSR count). The zero-order valence-corrected chi connectivity index (χ0v) is 14.8. The lowest BCUT2D eigenvalue weighted by molar-refractivity contribution is -0.140. The summed E-state index contributed by atoms with van der Waals surface area (Å²) in [7, 11) is 0. The number of carbonyl (C=O) groups excluding carboxylic acids is 1. The maximum absolute atomic E-state index is 12.3. The van der Waals surface area contributed by atoms with Crippen LogP contribution in [0.2, 0.25) is 0 Å². The van der Waals surface area contributed by atoms with Gasteiger partial charge in [-0.25, -0.2) is 0 Å². The molecule has 2 nitrogen and oxygen atoms in total. The Hall–Kier alpha value is -2.87. The van der Waals surface area contributed by atoms with Gasteiger partial charge in [0.15, 0.2) is 0 Å². The van der Waals surface area contributed by atoms with Gasteiger partial charge in [-0.2, -0.15) is 0 Å². The minimum absolute atomic E-state index is 0.0298. The van der Waals surface area contributed by atoms with Crippen LogP contribution >= 0.6 is 0 Å². The van der Waals surface area contributed by atoms with E-state index in [1.807, 2.05) is 25.1 Å². The molecule has 2 atom stereocenters. The summed E-state index contributed by atoms with van der Waals surface area (Å²) in [5, 5.41) is 0. The van der Waals surface area contributed by atoms with E-state index in [1.54, 1.807) is 0 Å². The third-order valence-corrected chi connectivity index (χ3v) is 5.62. The number of rotatable bonds is 4. The molecule has 1 fully saturated rings. The first-order valence-corrected chi connectivity index (χ1v) is 9.08. The van der Waals surface area contributed by atoms with E-state index < -0.39 is 5.41 Å². The minimum Gasteiger partial charge on any atom is -0.465 e. The van der Waals surface area contributed by atoms with Gasteiger partial charge in [0.2, 0.25) is 0 Å². The number of cyclic esters (lactones) is 1. The molecule has 0 N–H and O–H groups in total. The third kappa shape index (κ3) is 2.53. The van der Waals surface area contributed by atoms with Crippen molar-refractivity contribution < 1.29 is 9.53 Å². The van der Waals surface area contributed by atoms with Crippen LogP contribution in [-0.4, -0.2) is 12.6 Å². The fourth-order valence-electron chi connectivity index (χ4n) is 4.36. The van der Waals surface area contributed by atoms with Crippen LogP contribution in [0.5, 0.6) is 0 Å². The van der Waals surface area contributed by atoms with Crippen molar-refractivity contribution in [2.24, 2.45) is 11.8 Å². The molecule has 26 heavy (non-hydrogen) atoms. The van der Waals surface area contributed by atoms with Gasteiger partial charge in [0, 0.05) is 5.92 Å². The van der Waals surface area contributed by atoms with Crippen LogP contribution in [0, 0.1) is 11.8 Å². The van der Waals surface area contributed by atoms with Gasteiger partial charge in [-0.1, -0.05) is 97.9 Å². The smallest absolute Gasteiger partial charge is 0.309 e. The summed E-state index contributed by atoms with van der Waals surface area (Å²) in [6, 6.07) is 31.5. The number of hydrogen-bond acceptors (Lipinski definition) is 2. The summed E-state index contributed by atoms with van der Waals surface area (Å²) in [5.74, 6) is -0.250. The molecule has 0 radical (unpaired) electrons. The molecule has 0 unspecified atom stereocenters. The molecule has 0 aromatic heterocycles. The van der Waals surface area contributed by atoms with E-state index in [9.17, 15) is 4.79 Å². The Labute approximate surface area is 154 Å². The molecule has 0 aliphatic carbocycles. The highest BCUT2D eigenvalue weighted by atomic mass is 16.5. The molecule has 3 aromatic carbocycles. The standard InChI is InChI=1S/C24H22O2/c1-18-22(17-26-23(18)25)24(19-11-5-2-6-12-19,20-13-7-3-8-14-20)21-15-9-4-10-16-21/h2-16,18,22H,17H2,1H3/t18-,22+/m1/s1. The van der Waals surface area contributed by atoms with Crippen LogP contribution < -0.4 is 0 Å². The number of hydrogen-bond donors (Lipinski definition) is 0. The SMILES string of the molecule is C[C@H]1C(=O)OC[C@@H]1C(c1ccccc1)(c1ccccc1)c1ccccc1. The van der Waals surface area contributed by atoms with Crippen LogP contribution in [-0.2, 0) is 14.9 Å². The Morgan fingerprint density at radius 1 is 0.731 bits per heavy atom. The third-order valence-electron chi connectivity index (χ3n) is 5.62. The molecule has 0 bridgehead atoms. The molecule has 3 aromatic rings. The monoisotopic (exact) mass is 342 g/mol. The molecule has 0 saturated carbocycles. The predicted octanol–water partition coefficient (Wildman–Crippen LogP) is 4.83. The molecule has 1 saturated heterocycles. The van der Waals surface area contributed by atoms with Gasteiger partial charge in [0.1, 0.15) is 0 Å². The van der Waals surface area contributed by atoms with Gasteiger partial charge in [0.25, 0.3) is 0 Å². The van der Waals surface area contributed by atoms with E-state index in [0.717, 1.165) is 0 Å². The van der Waals surface area contributed by atoms with E-state index in [0.29, 0.717) is 6.61 Å². The molecular weight excluding hydrogens is 320 g/mol. The largest absolute Gasteiger partial charge is 0.465 e. The van der Waals surface area contributed by atoms with E-state index in [2.05, 4.69) is 72.8 Å². The van der Waals surface area contributed by atoms with Gasteiger partial charge in [-0.3, -0.25) is 4.79 Å². The fraction of sp³-hybridized carbons (Fsp3) is 0.208. The highest BCUT2D eigenvalue weighted by molar-refractivity contribution is 5.75. The summed E-state index contributed by atoms with van der Waals surface area (Å²) in [4.78, 5) is 12.3. The van der Waals surface area contributed by atoms with E-state index in [-0.39, 0.29) is 17.8 Å². The molecule has 2 heteroatoms. The summed E-state index contributed by atoms with van der Waals surface area (Å²) in [6.45, 7) is 2.42. The maximum atomic E-state index is 12.3. The lowest BCUT2D eigenvalue weighted by Crippen LogP contribution is -2.41. The quantitative estimate of drug-likeness (QED) is 0.501. The van der Waals surface area contributed by atoms with Crippen LogP contribution in [0.1, 0.15) is 23.6 Å². The molecule has 130 valence electrons. The summed E-state index contributed by atoms with van der Waals surface area (Å²) < 4.78 is 5.51. The Morgan fingerprint density at radius 3 is 1.42 bits per heavy atom. The van der Waals surface area contributed by atoms with Gasteiger partial charge < -0.3 is 4.74 Å². The van der Waals surface area contributed by atoms with Crippen molar-refractivity contribution in [2.75, 3.05) is 6.61 Å². The normalized spacial score (nSPS) is 20.0. The molecular formula is C24H22O2. The molecule has 1 aliphatic heterocycles. The van der Waals surface area contributed by atoms with E-state index in [4.69, 9.17) is 4.74 Å². The second kappa shape index (κ2) is 6.80. The first-order valence-electron chi connectivity index (χ1n) is 9.08. The van der Waals surface area contributed by atoms with Gasteiger partial charge >= 0.3 is 5.97 Å². The maximum Gasteiger partial charge on any atom is 0.309 e. The Morgan fingerprint density at radius 2 is 1.12 bits per heavy atom. The van der Waals surface area contributed by atoms with Crippen molar-refractivity contribution in [1.82, 2.24) is 0 Å². The number of carbonyl (C=O) groups is 1. The zero-order chi connectivity index (χ0) is 18.0. The van der Waals surface area contributed by atoms with Crippen LogP contribution in [0.25, 0.3) is 0 Å². The summed E-state index contributed by atoms with van der Waals surface area (Å²) >= 11 is 0. The highest BCUT2D eigenvalue weighted by Crippen LogP contribution is 2.50. The first kappa shape index (κ1) is 16.6. The molecule has 0 spiro atoms. The molecule has 1 aliphatic rings. The average Bonchev–Trinajstić information content (AvgIpc) is 3.04. The van der Waals surface area contributed by atoms with Crippen molar-refractivity contribution in [3.63, 3.8) is 0 Å². The summed E-state index contributed by atoms with van der Waals surface area (Å²) in [5.41, 5.74) is 3.13. The van der Waals surface area contributed by atoms with Crippen molar-refractivity contribution in [3.05, 3.63) is 108 Å². The fourth-order valence-corrected chi connectivity index (χ4v) is 4.36. The average molecular weight is 342 g/mol. The Bertz CT molecular complexity index is 775. The number of esters is 1. The Balaban J connectivity index is 2.06. The van der Waals surface area contributed by atoms with Gasteiger partial charge in [-0.15, -0.1) is 0 Å². The topological polar surface area (TPSA) is 26.3 Å². The number of ether oxygens (including phenoxy) is 1. The van der Waals surface area contributed by atoms with Crippen LogP contribution in [0.4, 0.5) is 0 Å². The second-order valence-corrected chi connectivity index (χ2v) is 6.93. The summed E-state index contributed by atoms with van der Waals surface area (Å²) in [6.07, 6.45) is 0. The van der Waals surface area contributed by atoms with Crippen LogP contribution in [0.3, 0.4) is 0 Å².